The first-order chi connectivity index (χ1) is 5.68. The number of benzene rings is 1. The van der Waals surface area contributed by atoms with Crippen LogP contribution in [0.4, 0.5) is 0 Å². The van der Waals surface area contributed by atoms with Crippen LogP contribution in [-0.2, 0) is 22.2 Å². The van der Waals surface area contributed by atoms with Gasteiger partial charge in [-0.3, -0.25) is 4.18 Å². The average Bonchev–Trinajstić information content (AvgIpc) is 2.03. The second-order valence-electron chi connectivity index (χ2n) is 2.13. The van der Waals surface area contributed by atoms with Crippen LogP contribution in [0, 0.1) is 0 Å². The summed E-state index contributed by atoms with van der Waals surface area (Å²) in [5.74, 6) is 0.141. The maximum Gasteiger partial charge on any atom is 0.115 e. The molecule has 0 amide bonds. The second-order valence-corrected chi connectivity index (χ2v) is 2.78. The van der Waals surface area contributed by atoms with Crippen molar-refractivity contribution in [3.05, 3.63) is 29.8 Å². The number of rotatable bonds is 3. The van der Waals surface area contributed by atoms with Crippen molar-refractivity contribution in [3.63, 3.8) is 0 Å². The maximum absolute atomic E-state index is 9.97. The third-order valence-corrected chi connectivity index (χ3v) is 1.57. The van der Waals surface area contributed by atoms with Crippen molar-refractivity contribution in [2.75, 3.05) is 0 Å². The van der Waals surface area contributed by atoms with Crippen LogP contribution in [0.15, 0.2) is 24.3 Å². The molecule has 0 bridgehead atoms. The molecule has 0 aliphatic carbocycles. The zero-order valence-corrected chi connectivity index (χ0v) is 6.91. The van der Waals surface area contributed by atoms with Gasteiger partial charge in [-0.25, -0.2) is 4.21 Å². The van der Waals surface area contributed by atoms with Crippen molar-refractivity contribution in [2.24, 2.45) is 0 Å². The lowest BCUT2D eigenvalue weighted by molar-refractivity contribution is 0.291. The van der Waals surface area contributed by atoms with Gasteiger partial charge in [0.25, 0.3) is 0 Å². The van der Waals surface area contributed by atoms with Crippen LogP contribution in [0.1, 0.15) is 5.56 Å². The van der Waals surface area contributed by atoms with E-state index in [4.69, 9.17) is 5.11 Å². The normalized spacial score (nSPS) is 12.8. The standard InChI is InChI=1S/C7H8O4S/c8-7-3-1-6(2-4-7)5-11-12(9)10/h1-4,8H,5H2,(H,9,10)/p-1. The lowest BCUT2D eigenvalue weighted by Crippen LogP contribution is -1.95. The highest BCUT2D eigenvalue weighted by Gasteiger charge is 1.92. The molecule has 5 heteroatoms. The molecule has 0 aliphatic heterocycles. The van der Waals surface area contributed by atoms with E-state index in [1.54, 1.807) is 12.1 Å². The minimum absolute atomic E-state index is 0.00358. The van der Waals surface area contributed by atoms with Crippen LogP contribution < -0.4 is 0 Å². The van der Waals surface area contributed by atoms with E-state index in [0.717, 1.165) is 0 Å². The maximum atomic E-state index is 9.97. The molecule has 1 aromatic rings. The zero-order chi connectivity index (χ0) is 8.97. The van der Waals surface area contributed by atoms with Crippen molar-refractivity contribution in [2.45, 2.75) is 6.61 Å². The van der Waals surface area contributed by atoms with Crippen LogP contribution in [0.25, 0.3) is 0 Å². The van der Waals surface area contributed by atoms with Gasteiger partial charge in [0.2, 0.25) is 0 Å². The predicted octanol–water partition coefficient (Wildman–Crippen LogP) is 0.703. The van der Waals surface area contributed by atoms with Gasteiger partial charge in [-0.05, 0) is 17.7 Å². The van der Waals surface area contributed by atoms with E-state index in [1.807, 2.05) is 0 Å². The summed E-state index contributed by atoms with van der Waals surface area (Å²) >= 11 is -2.48. The molecule has 66 valence electrons. The van der Waals surface area contributed by atoms with E-state index < -0.39 is 11.4 Å². The summed E-state index contributed by atoms with van der Waals surface area (Å²) < 4.78 is 24.2. The van der Waals surface area contributed by atoms with Crippen molar-refractivity contribution >= 4 is 11.4 Å². The van der Waals surface area contributed by atoms with E-state index >= 15 is 0 Å². The van der Waals surface area contributed by atoms with E-state index in [2.05, 4.69) is 4.18 Å². The number of hydrogen-bond acceptors (Lipinski definition) is 4. The summed E-state index contributed by atoms with van der Waals surface area (Å²) in [6.07, 6.45) is 0. The highest BCUT2D eigenvalue weighted by atomic mass is 32.2. The SMILES string of the molecule is O=S([O-])OCc1ccc(O)cc1. The molecule has 12 heavy (non-hydrogen) atoms. The molecule has 1 aromatic carbocycles. The van der Waals surface area contributed by atoms with Crippen LogP contribution in [-0.4, -0.2) is 13.9 Å². The number of phenols is 1. The molecule has 0 saturated carbocycles. The fourth-order valence-electron chi connectivity index (χ4n) is 0.708. The summed E-state index contributed by atoms with van der Waals surface area (Å²) in [6, 6.07) is 6.10. The van der Waals surface area contributed by atoms with E-state index in [9.17, 15) is 8.76 Å². The molecule has 0 radical (unpaired) electrons. The number of hydrogen-bond donors (Lipinski definition) is 1. The third kappa shape index (κ3) is 3.00. The summed E-state index contributed by atoms with van der Waals surface area (Å²) in [4.78, 5) is 0. The molecular formula is C7H7O4S-. The Morgan fingerprint density at radius 2 is 2.00 bits per heavy atom. The highest BCUT2D eigenvalue weighted by molar-refractivity contribution is 7.74. The Morgan fingerprint density at radius 3 is 2.50 bits per heavy atom. The van der Waals surface area contributed by atoms with Crippen molar-refractivity contribution in [1.82, 2.24) is 0 Å². The van der Waals surface area contributed by atoms with Crippen LogP contribution >= 0.6 is 0 Å². The van der Waals surface area contributed by atoms with Crippen LogP contribution in [0.2, 0.25) is 0 Å². The summed E-state index contributed by atoms with van der Waals surface area (Å²) in [5.41, 5.74) is 0.692. The number of phenolic OH excluding ortho intramolecular Hbond substituents is 1. The van der Waals surface area contributed by atoms with Gasteiger partial charge in [-0.1, -0.05) is 12.1 Å². The molecule has 1 unspecified atom stereocenters. The molecule has 1 rings (SSSR count). The fourth-order valence-corrected chi connectivity index (χ4v) is 0.941. The first-order valence-electron chi connectivity index (χ1n) is 3.19. The van der Waals surface area contributed by atoms with Gasteiger partial charge >= 0.3 is 0 Å². The second kappa shape index (κ2) is 4.20. The fraction of sp³-hybridized carbons (Fsp3) is 0.143. The van der Waals surface area contributed by atoms with E-state index in [0.29, 0.717) is 5.56 Å². The first kappa shape index (κ1) is 9.18. The molecular weight excluding hydrogens is 180 g/mol. The van der Waals surface area contributed by atoms with Crippen molar-refractivity contribution < 1.29 is 18.1 Å². The quantitative estimate of drug-likeness (QED) is 0.707. The molecule has 0 aliphatic rings. The highest BCUT2D eigenvalue weighted by Crippen LogP contribution is 2.10. The Hall–Kier alpha value is -0.910. The third-order valence-electron chi connectivity index (χ3n) is 1.26. The zero-order valence-electron chi connectivity index (χ0n) is 6.10. The van der Waals surface area contributed by atoms with Crippen molar-refractivity contribution in [1.29, 1.82) is 0 Å². The predicted molar refractivity (Wildman–Crippen MR) is 41.8 cm³/mol. The lowest BCUT2D eigenvalue weighted by Gasteiger charge is -2.05. The largest absolute Gasteiger partial charge is 0.750 e. The average molecular weight is 187 g/mol. The van der Waals surface area contributed by atoms with Crippen LogP contribution in [0.3, 0.4) is 0 Å². The Balaban J connectivity index is 2.53. The van der Waals surface area contributed by atoms with E-state index in [-0.39, 0.29) is 12.4 Å². The minimum Gasteiger partial charge on any atom is -0.750 e. The Labute approximate surface area is 72.3 Å². The Morgan fingerprint density at radius 1 is 1.42 bits per heavy atom. The monoisotopic (exact) mass is 187 g/mol. The lowest BCUT2D eigenvalue weighted by atomic mass is 10.2. The summed E-state index contributed by atoms with van der Waals surface area (Å²) in [7, 11) is 0. The minimum atomic E-state index is -2.48. The van der Waals surface area contributed by atoms with E-state index in [1.165, 1.54) is 12.1 Å². The first-order valence-corrected chi connectivity index (χ1v) is 4.19. The van der Waals surface area contributed by atoms with Gasteiger partial charge in [-0.2, -0.15) is 0 Å². The summed E-state index contributed by atoms with van der Waals surface area (Å²) in [5, 5.41) is 8.87. The van der Waals surface area contributed by atoms with Crippen molar-refractivity contribution in [3.8, 4) is 5.75 Å². The molecule has 0 aromatic heterocycles. The van der Waals surface area contributed by atoms with Crippen LogP contribution in [0.5, 0.6) is 5.75 Å². The van der Waals surface area contributed by atoms with Gasteiger partial charge in [0.1, 0.15) is 5.75 Å². The molecule has 0 fully saturated rings. The van der Waals surface area contributed by atoms with Gasteiger partial charge < -0.3 is 9.66 Å². The Kier molecular flexibility index (Phi) is 3.21. The summed E-state index contributed by atoms with van der Waals surface area (Å²) in [6.45, 7) is -0.00358. The molecule has 1 N–H and O–H groups in total. The molecule has 0 saturated heterocycles. The molecule has 0 spiro atoms. The molecule has 0 heterocycles. The smallest absolute Gasteiger partial charge is 0.115 e. The van der Waals surface area contributed by atoms with Gasteiger partial charge in [0.05, 0.1) is 18.0 Å². The van der Waals surface area contributed by atoms with Gasteiger partial charge in [0, 0.05) is 0 Å². The van der Waals surface area contributed by atoms with Gasteiger partial charge in [0.15, 0.2) is 0 Å². The topological polar surface area (TPSA) is 69.6 Å². The Bertz CT molecular complexity index is 269. The number of aromatic hydroxyl groups is 1. The molecule has 4 nitrogen and oxygen atoms in total. The van der Waals surface area contributed by atoms with Gasteiger partial charge in [-0.15, -0.1) is 0 Å². The molecule has 1 atom stereocenters.